The van der Waals surface area contributed by atoms with Gasteiger partial charge >= 0.3 is 0 Å². The maximum absolute atomic E-state index is 12.5. The summed E-state index contributed by atoms with van der Waals surface area (Å²) < 4.78 is 0. The third-order valence-electron chi connectivity index (χ3n) is 5.59. The minimum absolute atomic E-state index is 0.229. The number of nitrogens with one attached hydrogen (secondary N) is 1. The summed E-state index contributed by atoms with van der Waals surface area (Å²) in [5, 5.41) is 3.09. The Hall–Kier alpha value is -1.35. The first-order valence-corrected chi connectivity index (χ1v) is 7.95. The van der Waals surface area contributed by atoms with Crippen LogP contribution in [0.3, 0.4) is 0 Å². The SMILES string of the molecule is O=C1Nc2ccccc2C12CCC(N1CCCC1)CC2. The van der Waals surface area contributed by atoms with Gasteiger partial charge in [0.05, 0.1) is 5.41 Å². The van der Waals surface area contributed by atoms with Gasteiger partial charge < -0.3 is 10.2 Å². The minimum atomic E-state index is -0.229. The molecule has 1 aliphatic carbocycles. The molecule has 1 amide bonds. The predicted octanol–water partition coefficient (Wildman–Crippen LogP) is 2.91. The Labute approximate surface area is 120 Å². The highest BCUT2D eigenvalue weighted by Crippen LogP contribution is 2.48. The van der Waals surface area contributed by atoms with Crippen LogP contribution in [-0.2, 0) is 10.2 Å². The smallest absolute Gasteiger partial charge is 0.235 e. The van der Waals surface area contributed by atoms with E-state index in [1.54, 1.807) is 0 Å². The monoisotopic (exact) mass is 270 g/mol. The summed E-state index contributed by atoms with van der Waals surface area (Å²) in [5.74, 6) is 0.235. The fourth-order valence-electron chi connectivity index (χ4n) is 4.44. The number of nitrogens with zero attached hydrogens (tertiary/aromatic N) is 1. The lowest BCUT2D eigenvalue weighted by Crippen LogP contribution is -2.44. The third-order valence-corrected chi connectivity index (χ3v) is 5.59. The molecule has 0 atom stereocenters. The first-order chi connectivity index (χ1) is 9.79. The molecule has 3 aliphatic rings. The predicted molar refractivity (Wildman–Crippen MR) is 79.8 cm³/mol. The van der Waals surface area contributed by atoms with Gasteiger partial charge in [-0.2, -0.15) is 0 Å². The van der Waals surface area contributed by atoms with E-state index in [-0.39, 0.29) is 11.3 Å². The van der Waals surface area contributed by atoms with Crippen LogP contribution < -0.4 is 5.32 Å². The Balaban J connectivity index is 1.57. The number of rotatable bonds is 1. The number of para-hydroxylation sites is 1. The van der Waals surface area contributed by atoms with Crippen molar-refractivity contribution in [2.45, 2.75) is 50.0 Å². The summed E-state index contributed by atoms with van der Waals surface area (Å²) in [7, 11) is 0. The van der Waals surface area contributed by atoms with E-state index in [4.69, 9.17) is 0 Å². The highest BCUT2D eigenvalue weighted by atomic mass is 16.2. The summed E-state index contributed by atoms with van der Waals surface area (Å²) in [6.07, 6.45) is 7.06. The maximum atomic E-state index is 12.5. The zero-order valence-electron chi connectivity index (χ0n) is 11.9. The summed E-state index contributed by atoms with van der Waals surface area (Å²) >= 11 is 0. The van der Waals surface area contributed by atoms with Crippen molar-refractivity contribution in [3.8, 4) is 0 Å². The second-order valence-electron chi connectivity index (χ2n) is 6.56. The summed E-state index contributed by atoms with van der Waals surface area (Å²) in [4.78, 5) is 15.2. The van der Waals surface area contributed by atoms with Gasteiger partial charge in [0, 0.05) is 11.7 Å². The van der Waals surface area contributed by atoms with Crippen LogP contribution in [0.1, 0.15) is 44.1 Å². The van der Waals surface area contributed by atoms with E-state index in [1.807, 2.05) is 12.1 Å². The van der Waals surface area contributed by atoms with Gasteiger partial charge in [0.15, 0.2) is 0 Å². The molecule has 4 rings (SSSR count). The van der Waals surface area contributed by atoms with Crippen LogP contribution in [0.5, 0.6) is 0 Å². The second-order valence-corrected chi connectivity index (χ2v) is 6.56. The normalized spacial score (nSPS) is 33.4. The number of benzene rings is 1. The van der Waals surface area contributed by atoms with E-state index < -0.39 is 0 Å². The number of carbonyl (C=O) groups excluding carboxylic acids is 1. The van der Waals surface area contributed by atoms with Crippen LogP contribution in [0, 0.1) is 0 Å². The Morgan fingerprint density at radius 3 is 2.55 bits per heavy atom. The van der Waals surface area contributed by atoms with Gasteiger partial charge in [-0.15, -0.1) is 0 Å². The molecule has 106 valence electrons. The molecule has 0 bridgehead atoms. The summed E-state index contributed by atoms with van der Waals surface area (Å²) in [5.41, 5.74) is 2.05. The fourth-order valence-corrected chi connectivity index (χ4v) is 4.44. The molecule has 2 heterocycles. The number of carbonyl (C=O) groups is 1. The van der Waals surface area contributed by atoms with Gasteiger partial charge in [0.2, 0.25) is 5.91 Å². The molecule has 1 spiro atoms. The van der Waals surface area contributed by atoms with E-state index in [0.29, 0.717) is 6.04 Å². The molecule has 1 aromatic rings. The van der Waals surface area contributed by atoms with Gasteiger partial charge in [0.25, 0.3) is 0 Å². The molecule has 3 nitrogen and oxygen atoms in total. The second kappa shape index (κ2) is 4.59. The van der Waals surface area contributed by atoms with Gasteiger partial charge in [0.1, 0.15) is 0 Å². The molecule has 0 unspecified atom stereocenters. The zero-order chi connectivity index (χ0) is 13.6. The van der Waals surface area contributed by atoms with E-state index in [0.717, 1.165) is 18.5 Å². The van der Waals surface area contributed by atoms with Gasteiger partial charge in [-0.05, 0) is 63.2 Å². The van der Waals surface area contributed by atoms with E-state index >= 15 is 0 Å². The standard InChI is InChI=1S/C17H22N2O/c20-16-17(14-5-1-2-6-15(14)18-16)9-7-13(8-10-17)19-11-3-4-12-19/h1-2,5-6,13H,3-4,7-12H2,(H,18,20). The Kier molecular flexibility index (Phi) is 2.84. The first-order valence-electron chi connectivity index (χ1n) is 7.95. The van der Waals surface area contributed by atoms with Crippen LogP contribution in [0.4, 0.5) is 5.69 Å². The van der Waals surface area contributed by atoms with Crippen LogP contribution in [0.2, 0.25) is 0 Å². The van der Waals surface area contributed by atoms with Gasteiger partial charge in [-0.3, -0.25) is 4.79 Å². The number of fused-ring (bicyclic) bond motifs is 2. The molecule has 0 radical (unpaired) electrons. The lowest BCUT2D eigenvalue weighted by Gasteiger charge is -2.39. The quantitative estimate of drug-likeness (QED) is 0.851. The van der Waals surface area contributed by atoms with Crippen LogP contribution in [-0.4, -0.2) is 29.9 Å². The number of anilines is 1. The molecule has 0 aromatic heterocycles. The molecular weight excluding hydrogens is 248 g/mol. The molecule has 20 heavy (non-hydrogen) atoms. The van der Waals surface area contributed by atoms with Crippen molar-refractivity contribution < 1.29 is 4.79 Å². The van der Waals surface area contributed by atoms with E-state index in [9.17, 15) is 4.79 Å². The summed E-state index contributed by atoms with van der Waals surface area (Å²) in [6.45, 7) is 2.53. The van der Waals surface area contributed by atoms with Crippen molar-refractivity contribution in [1.82, 2.24) is 4.90 Å². The topological polar surface area (TPSA) is 32.3 Å². The van der Waals surface area contributed by atoms with E-state index in [1.165, 1.54) is 44.3 Å². The summed E-state index contributed by atoms with van der Waals surface area (Å²) in [6, 6.07) is 8.96. The molecule has 3 heteroatoms. The lowest BCUT2D eigenvalue weighted by atomic mass is 9.68. The Morgan fingerprint density at radius 2 is 1.80 bits per heavy atom. The molecule has 1 N–H and O–H groups in total. The third kappa shape index (κ3) is 1.72. The number of hydrogen-bond donors (Lipinski definition) is 1. The van der Waals surface area contributed by atoms with Crippen molar-refractivity contribution in [3.63, 3.8) is 0 Å². The van der Waals surface area contributed by atoms with Crippen molar-refractivity contribution >= 4 is 11.6 Å². The van der Waals surface area contributed by atoms with Gasteiger partial charge in [-0.1, -0.05) is 18.2 Å². The lowest BCUT2D eigenvalue weighted by molar-refractivity contribution is -0.122. The number of hydrogen-bond acceptors (Lipinski definition) is 2. The minimum Gasteiger partial charge on any atom is -0.325 e. The van der Waals surface area contributed by atoms with Crippen molar-refractivity contribution in [1.29, 1.82) is 0 Å². The van der Waals surface area contributed by atoms with Crippen molar-refractivity contribution in [2.24, 2.45) is 0 Å². The molecule has 1 saturated heterocycles. The maximum Gasteiger partial charge on any atom is 0.235 e. The van der Waals surface area contributed by atoms with E-state index in [2.05, 4.69) is 22.3 Å². The highest BCUT2D eigenvalue weighted by Gasteiger charge is 2.49. The first kappa shape index (κ1) is 12.4. The average Bonchev–Trinajstić information content (AvgIpc) is 3.09. The zero-order valence-corrected chi connectivity index (χ0v) is 11.9. The molecular formula is C17H22N2O. The molecule has 1 aromatic carbocycles. The van der Waals surface area contributed by atoms with Crippen LogP contribution >= 0.6 is 0 Å². The Bertz CT molecular complexity index is 526. The number of amides is 1. The largest absolute Gasteiger partial charge is 0.325 e. The van der Waals surface area contributed by atoms with Crippen molar-refractivity contribution in [2.75, 3.05) is 18.4 Å². The number of likely N-dealkylation sites (tertiary alicyclic amines) is 1. The molecule has 2 fully saturated rings. The van der Waals surface area contributed by atoms with Gasteiger partial charge in [-0.25, -0.2) is 0 Å². The highest BCUT2D eigenvalue weighted by molar-refractivity contribution is 6.06. The average molecular weight is 270 g/mol. The van der Waals surface area contributed by atoms with Crippen molar-refractivity contribution in [3.05, 3.63) is 29.8 Å². The fraction of sp³-hybridized carbons (Fsp3) is 0.588. The molecule has 1 saturated carbocycles. The molecule has 2 aliphatic heterocycles. The Morgan fingerprint density at radius 1 is 1.10 bits per heavy atom. The van der Waals surface area contributed by atoms with Crippen LogP contribution in [0.15, 0.2) is 24.3 Å². The van der Waals surface area contributed by atoms with Crippen LogP contribution in [0.25, 0.3) is 0 Å².